The van der Waals surface area contributed by atoms with Gasteiger partial charge in [-0.05, 0) is 17.7 Å². The Hall–Kier alpha value is -1.50. The second-order valence-corrected chi connectivity index (χ2v) is 8.38. The zero-order valence-electron chi connectivity index (χ0n) is 10.6. The zero-order valence-corrected chi connectivity index (χ0v) is 12.3. The van der Waals surface area contributed by atoms with Gasteiger partial charge >= 0.3 is 0 Å². The Morgan fingerprint density at radius 2 is 1.90 bits per heavy atom. The highest BCUT2D eigenvalue weighted by atomic mass is 32.2. The molecule has 0 aliphatic rings. The quantitative estimate of drug-likeness (QED) is 0.804. The van der Waals surface area contributed by atoms with E-state index in [1.165, 1.54) is 12.1 Å². The lowest BCUT2D eigenvalue weighted by Crippen LogP contribution is -2.29. The van der Waals surface area contributed by atoms with Crippen LogP contribution in [0, 0.1) is 17.1 Å². The van der Waals surface area contributed by atoms with Crippen LogP contribution in [0.4, 0.5) is 4.39 Å². The number of sulfone groups is 1. The third kappa shape index (κ3) is 5.64. The fourth-order valence-electron chi connectivity index (χ4n) is 1.29. The number of rotatable bonds is 6. The molecule has 0 spiro atoms. The highest BCUT2D eigenvalue weighted by Gasteiger charge is 2.14. The van der Waals surface area contributed by atoms with Crippen LogP contribution in [0.1, 0.15) is 11.1 Å². The van der Waals surface area contributed by atoms with E-state index < -0.39 is 37.2 Å². The largest absolute Gasteiger partial charge is 0.229 e. The normalized spacial score (nSPS) is 12.1. The van der Waals surface area contributed by atoms with Crippen molar-refractivity contribution in [2.75, 3.05) is 17.8 Å². The molecule has 0 aliphatic carbocycles. The molecule has 0 unspecified atom stereocenters. The molecule has 1 rings (SSSR count). The van der Waals surface area contributed by atoms with Gasteiger partial charge in [-0.1, -0.05) is 6.07 Å². The van der Waals surface area contributed by atoms with Crippen molar-refractivity contribution in [1.29, 1.82) is 5.26 Å². The summed E-state index contributed by atoms with van der Waals surface area (Å²) in [6.45, 7) is -0.172. The van der Waals surface area contributed by atoms with Crippen molar-refractivity contribution in [3.8, 4) is 6.07 Å². The molecule has 0 aliphatic heterocycles. The van der Waals surface area contributed by atoms with Gasteiger partial charge < -0.3 is 0 Å². The van der Waals surface area contributed by atoms with Crippen LogP contribution in [0.2, 0.25) is 0 Å². The molecular weight excluding hydrogens is 307 g/mol. The molecule has 1 aromatic carbocycles. The molecule has 0 atom stereocenters. The first-order valence-electron chi connectivity index (χ1n) is 5.46. The van der Waals surface area contributed by atoms with E-state index in [-0.39, 0.29) is 12.1 Å². The van der Waals surface area contributed by atoms with Gasteiger partial charge in [0.1, 0.15) is 21.7 Å². The lowest BCUT2D eigenvalue weighted by Gasteiger charge is -2.06. The summed E-state index contributed by atoms with van der Waals surface area (Å²) < 4.78 is 60.3. The smallest absolute Gasteiger partial charge is 0.212 e. The van der Waals surface area contributed by atoms with E-state index in [9.17, 15) is 21.2 Å². The van der Waals surface area contributed by atoms with Gasteiger partial charge in [0.05, 0.1) is 17.1 Å². The van der Waals surface area contributed by atoms with Crippen LogP contribution >= 0.6 is 0 Å². The van der Waals surface area contributed by atoms with Crippen LogP contribution in [0.15, 0.2) is 18.2 Å². The van der Waals surface area contributed by atoms with Crippen molar-refractivity contribution < 1.29 is 21.2 Å². The van der Waals surface area contributed by atoms with E-state index in [2.05, 4.69) is 4.72 Å². The third-order valence-corrected chi connectivity index (χ3v) is 4.90. The number of hydrogen-bond donors (Lipinski definition) is 1. The first kappa shape index (κ1) is 16.6. The summed E-state index contributed by atoms with van der Waals surface area (Å²) in [5.74, 6) is -1.77. The van der Waals surface area contributed by atoms with Crippen molar-refractivity contribution in [2.24, 2.45) is 0 Å². The first-order chi connectivity index (χ1) is 9.13. The summed E-state index contributed by atoms with van der Waals surface area (Å²) in [6.07, 6.45) is 0.943. The van der Waals surface area contributed by atoms with Crippen molar-refractivity contribution >= 4 is 19.9 Å². The van der Waals surface area contributed by atoms with Crippen LogP contribution in [0.3, 0.4) is 0 Å². The molecule has 0 amide bonds. The van der Waals surface area contributed by atoms with Crippen molar-refractivity contribution in [3.05, 3.63) is 35.1 Å². The summed E-state index contributed by atoms with van der Waals surface area (Å²) in [5.41, 5.74) is 0.207. The molecule has 0 bridgehead atoms. The Balaban J connectivity index is 2.67. The van der Waals surface area contributed by atoms with Crippen LogP contribution < -0.4 is 4.72 Å². The maximum atomic E-state index is 13.3. The van der Waals surface area contributed by atoms with Crippen LogP contribution in [0.25, 0.3) is 0 Å². The summed E-state index contributed by atoms with van der Waals surface area (Å²) in [5, 5.41) is 8.56. The Morgan fingerprint density at radius 1 is 1.25 bits per heavy atom. The molecule has 0 saturated heterocycles. The van der Waals surface area contributed by atoms with Gasteiger partial charge in [0.25, 0.3) is 0 Å². The lowest BCUT2D eigenvalue weighted by molar-refractivity contribution is 0.578. The van der Waals surface area contributed by atoms with E-state index >= 15 is 0 Å². The summed E-state index contributed by atoms with van der Waals surface area (Å²) >= 11 is 0. The second kappa shape index (κ2) is 6.30. The second-order valence-electron chi connectivity index (χ2n) is 4.20. The zero-order chi connectivity index (χ0) is 15.4. The van der Waals surface area contributed by atoms with Crippen LogP contribution in [0.5, 0.6) is 0 Å². The number of sulfonamides is 1. The molecule has 0 saturated carbocycles. The number of nitrogens with zero attached hydrogens (tertiary/aromatic N) is 1. The van der Waals surface area contributed by atoms with Gasteiger partial charge in [0, 0.05) is 12.8 Å². The van der Waals surface area contributed by atoms with E-state index in [1.807, 2.05) is 0 Å². The van der Waals surface area contributed by atoms with E-state index in [0.717, 1.165) is 12.3 Å². The third-order valence-electron chi connectivity index (χ3n) is 2.37. The van der Waals surface area contributed by atoms with Gasteiger partial charge in [0.2, 0.25) is 10.0 Å². The summed E-state index contributed by atoms with van der Waals surface area (Å²) in [7, 11) is -7.13. The Labute approximate surface area is 117 Å². The van der Waals surface area contributed by atoms with Crippen molar-refractivity contribution in [3.63, 3.8) is 0 Å². The first-order valence-corrected chi connectivity index (χ1v) is 9.18. The van der Waals surface area contributed by atoms with Crippen molar-refractivity contribution in [2.45, 2.75) is 6.54 Å². The molecule has 9 heteroatoms. The van der Waals surface area contributed by atoms with Gasteiger partial charge in [-0.15, -0.1) is 0 Å². The number of halogens is 1. The maximum Gasteiger partial charge on any atom is 0.212 e. The molecule has 0 radical (unpaired) electrons. The lowest BCUT2D eigenvalue weighted by atomic mass is 10.1. The molecule has 0 fully saturated rings. The molecule has 110 valence electrons. The van der Waals surface area contributed by atoms with Gasteiger partial charge in [-0.2, -0.15) is 5.26 Å². The molecule has 1 aromatic rings. The van der Waals surface area contributed by atoms with Gasteiger partial charge in [-0.3, -0.25) is 0 Å². The average Bonchev–Trinajstić information content (AvgIpc) is 2.34. The predicted octanol–water partition coefficient (Wildman–Crippen LogP) is 0.161. The van der Waals surface area contributed by atoms with E-state index in [0.29, 0.717) is 5.56 Å². The predicted molar refractivity (Wildman–Crippen MR) is 71.5 cm³/mol. The van der Waals surface area contributed by atoms with E-state index in [1.54, 1.807) is 6.07 Å². The molecular formula is C11H13FN2O4S2. The fourth-order valence-corrected chi connectivity index (χ4v) is 3.91. The highest BCUT2D eigenvalue weighted by molar-refractivity contribution is 7.93. The topological polar surface area (TPSA) is 104 Å². The molecule has 1 N–H and O–H groups in total. The average molecular weight is 320 g/mol. The van der Waals surface area contributed by atoms with Crippen LogP contribution in [-0.2, 0) is 26.4 Å². The number of hydrogen-bond acceptors (Lipinski definition) is 5. The summed E-state index contributed by atoms with van der Waals surface area (Å²) in [6, 6.07) is 5.37. The van der Waals surface area contributed by atoms with Gasteiger partial charge in [-0.25, -0.2) is 25.9 Å². The standard InChI is InChI=1S/C11H13FN2O4S2/c1-19(15,16)4-5-20(17,18)14-8-9-2-3-10(7-13)11(12)6-9/h2-3,6,14H,4-5,8H2,1H3. The number of benzene rings is 1. The fraction of sp³-hybridized carbons (Fsp3) is 0.364. The number of nitriles is 1. The maximum absolute atomic E-state index is 13.3. The Bertz CT molecular complexity index is 736. The monoisotopic (exact) mass is 320 g/mol. The molecule has 0 aromatic heterocycles. The van der Waals surface area contributed by atoms with Crippen LogP contribution in [-0.4, -0.2) is 34.6 Å². The van der Waals surface area contributed by atoms with Gasteiger partial charge in [0.15, 0.2) is 0 Å². The Kier molecular flexibility index (Phi) is 5.21. The van der Waals surface area contributed by atoms with Crippen molar-refractivity contribution in [1.82, 2.24) is 4.72 Å². The highest BCUT2D eigenvalue weighted by Crippen LogP contribution is 2.09. The molecule has 20 heavy (non-hydrogen) atoms. The Morgan fingerprint density at radius 3 is 2.40 bits per heavy atom. The SMILES string of the molecule is CS(=O)(=O)CCS(=O)(=O)NCc1ccc(C#N)c(F)c1. The van der Waals surface area contributed by atoms with E-state index in [4.69, 9.17) is 5.26 Å². The summed E-state index contributed by atoms with van der Waals surface area (Å²) in [4.78, 5) is 0. The minimum absolute atomic E-state index is 0.131. The molecule has 0 heterocycles. The minimum atomic E-state index is -3.76. The number of nitrogens with one attached hydrogen (secondary N) is 1. The molecule has 6 nitrogen and oxygen atoms in total. The minimum Gasteiger partial charge on any atom is -0.229 e.